The standard InChI is InChI=1S/C44H48N8O7/c1-19(2)34(49-43(55)57-5)41(53)51-13-7-8-29(51)39-45-17-28(47-39)22-9-11-24-23(14-22)18-59-30-16-25-21(15-26(24)30)10-12-27-36(25)48-40(46-27)38-33-31-32(33)37(31)52(38)42(54)35(20(3)4)50-44(56)58-6/h9-12,14-17,19-20,29,31-35,37-38H,7-8,13,18H2,1-6H3,(H,45,47)(H,46,48)(H,49,55)(H,50,56)/t29-,31+,32?,33?,34-,35-,37?,38-/m0/s1. The number of carbonyl (C=O) groups excluding carboxylic acids is 4. The number of rotatable bonds is 9. The first-order chi connectivity index (χ1) is 28.5. The Balaban J connectivity index is 0.902. The van der Waals surface area contributed by atoms with E-state index in [-0.39, 0.29) is 41.8 Å². The molecule has 11 rings (SSSR count). The smallest absolute Gasteiger partial charge is 0.407 e. The van der Waals surface area contributed by atoms with Gasteiger partial charge in [-0.1, -0.05) is 45.9 Å². The fraction of sp³-hybridized carbons (Fsp3) is 0.455. The van der Waals surface area contributed by atoms with Gasteiger partial charge in [-0.2, -0.15) is 0 Å². The highest BCUT2D eigenvalue weighted by molar-refractivity contribution is 6.07. The van der Waals surface area contributed by atoms with Crippen LogP contribution in [-0.2, 0) is 25.7 Å². The van der Waals surface area contributed by atoms with Gasteiger partial charge >= 0.3 is 12.2 Å². The number of aromatic nitrogens is 4. The molecule has 4 amide bonds. The molecule has 8 atom stereocenters. The van der Waals surface area contributed by atoms with Crippen molar-refractivity contribution in [3.63, 3.8) is 0 Å². The quantitative estimate of drug-likeness (QED) is 0.135. The molecule has 5 fully saturated rings. The first kappa shape index (κ1) is 37.2. The van der Waals surface area contributed by atoms with E-state index >= 15 is 0 Å². The molecule has 2 saturated carbocycles. The summed E-state index contributed by atoms with van der Waals surface area (Å²) in [4.78, 5) is 72.5. The van der Waals surface area contributed by atoms with E-state index in [2.05, 4.69) is 63.1 Å². The van der Waals surface area contributed by atoms with E-state index in [1.54, 1.807) is 0 Å². The fourth-order valence-corrected chi connectivity index (χ4v) is 10.1. The van der Waals surface area contributed by atoms with Gasteiger partial charge in [0.15, 0.2) is 0 Å². The minimum Gasteiger partial charge on any atom is -0.488 e. The number of fused-ring (bicyclic) bond motifs is 7. The Morgan fingerprint density at radius 1 is 0.847 bits per heavy atom. The van der Waals surface area contributed by atoms with E-state index in [9.17, 15) is 19.2 Å². The van der Waals surface area contributed by atoms with Crippen molar-refractivity contribution in [1.29, 1.82) is 0 Å². The second kappa shape index (κ2) is 13.7. The number of alkyl carbamates (subject to hydrolysis) is 2. The number of hydrogen-bond donors (Lipinski definition) is 4. The number of amides is 4. The van der Waals surface area contributed by atoms with Crippen LogP contribution >= 0.6 is 0 Å². The molecule has 15 nitrogen and oxygen atoms in total. The van der Waals surface area contributed by atoms with Gasteiger partial charge in [0.25, 0.3) is 0 Å². The summed E-state index contributed by atoms with van der Waals surface area (Å²) in [7, 11) is 2.60. The molecule has 15 heteroatoms. The van der Waals surface area contributed by atoms with Gasteiger partial charge in [-0.15, -0.1) is 0 Å². The van der Waals surface area contributed by atoms with Crippen LogP contribution in [0.4, 0.5) is 9.59 Å². The van der Waals surface area contributed by atoms with Gasteiger partial charge in [-0.25, -0.2) is 19.6 Å². The van der Waals surface area contributed by atoms with Crippen molar-refractivity contribution in [2.24, 2.45) is 29.6 Å². The minimum absolute atomic E-state index is 0.0888. The van der Waals surface area contributed by atoms with Crippen LogP contribution in [-0.4, -0.2) is 92.6 Å². The number of likely N-dealkylation sites (tertiary alicyclic amines) is 1. The molecular formula is C44H48N8O7. The first-order valence-electron chi connectivity index (χ1n) is 20.6. The van der Waals surface area contributed by atoms with Crippen molar-refractivity contribution >= 4 is 45.8 Å². The fourth-order valence-electron chi connectivity index (χ4n) is 10.1. The zero-order chi connectivity index (χ0) is 41.0. The second-order valence-electron chi connectivity index (χ2n) is 17.3. The van der Waals surface area contributed by atoms with Crippen molar-refractivity contribution in [2.75, 3.05) is 20.8 Å². The normalized spacial score (nSPS) is 24.3. The Hall–Kier alpha value is -6.12. The summed E-state index contributed by atoms with van der Waals surface area (Å²) in [5.41, 5.74) is 6.68. The third-order valence-electron chi connectivity index (χ3n) is 13.3. The topological polar surface area (TPSA) is 184 Å². The number of H-pyrrole nitrogens is 2. The molecule has 4 aliphatic heterocycles. The van der Waals surface area contributed by atoms with Crippen molar-refractivity contribution in [3.8, 4) is 28.1 Å². The number of imidazole rings is 2. The van der Waals surface area contributed by atoms with E-state index in [1.165, 1.54) is 14.2 Å². The summed E-state index contributed by atoms with van der Waals surface area (Å²) in [6.45, 7) is 8.64. The largest absolute Gasteiger partial charge is 0.488 e. The zero-order valence-electron chi connectivity index (χ0n) is 33.9. The highest BCUT2D eigenvalue weighted by Gasteiger charge is 2.86. The van der Waals surface area contributed by atoms with Crippen LogP contribution in [0.3, 0.4) is 0 Å². The molecule has 2 aromatic heterocycles. The maximum Gasteiger partial charge on any atom is 0.407 e. The molecule has 3 unspecified atom stereocenters. The number of nitrogens with zero attached hydrogens (tertiary/aromatic N) is 4. The lowest BCUT2D eigenvalue weighted by Gasteiger charge is -2.30. The van der Waals surface area contributed by atoms with Gasteiger partial charge in [0.05, 0.1) is 49.2 Å². The number of hydrogen-bond acceptors (Lipinski definition) is 9. The molecule has 3 aromatic carbocycles. The molecule has 3 saturated heterocycles. The lowest BCUT2D eigenvalue weighted by molar-refractivity contribution is -0.136. The number of nitrogens with one attached hydrogen (secondary N) is 4. The van der Waals surface area contributed by atoms with Crippen LogP contribution < -0.4 is 15.4 Å². The predicted octanol–water partition coefficient (Wildman–Crippen LogP) is 6.22. The number of ether oxygens (including phenoxy) is 3. The van der Waals surface area contributed by atoms with Crippen LogP contribution in [0.25, 0.3) is 44.2 Å². The molecule has 0 spiro atoms. The predicted molar refractivity (Wildman–Crippen MR) is 217 cm³/mol. The molecule has 2 bridgehead atoms. The Labute approximate surface area is 340 Å². The summed E-state index contributed by atoms with van der Waals surface area (Å²) >= 11 is 0. The van der Waals surface area contributed by atoms with Crippen LogP contribution in [0.5, 0.6) is 5.75 Å². The highest BCUT2D eigenvalue weighted by atomic mass is 16.5. The second-order valence-corrected chi connectivity index (χ2v) is 17.3. The summed E-state index contributed by atoms with van der Waals surface area (Å²) in [5.74, 6) is 3.21. The van der Waals surface area contributed by atoms with Crippen LogP contribution in [0, 0.1) is 29.6 Å². The summed E-state index contributed by atoms with van der Waals surface area (Å²) in [6, 6.07) is 13.1. The number of benzene rings is 3. The van der Waals surface area contributed by atoms with E-state index in [4.69, 9.17) is 24.2 Å². The maximum atomic E-state index is 14.0. The molecule has 2 aliphatic carbocycles. The Morgan fingerprint density at radius 2 is 1.58 bits per heavy atom. The monoisotopic (exact) mass is 800 g/mol. The highest BCUT2D eigenvalue weighted by Crippen LogP contribution is 2.81. The molecule has 6 heterocycles. The molecule has 0 radical (unpaired) electrons. The van der Waals surface area contributed by atoms with Gasteiger partial charge < -0.3 is 44.6 Å². The average molecular weight is 801 g/mol. The van der Waals surface area contributed by atoms with Gasteiger partial charge in [0, 0.05) is 23.5 Å². The van der Waals surface area contributed by atoms with Gasteiger partial charge in [0.1, 0.15) is 36.1 Å². The molecule has 59 heavy (non-hydrogen) atoms. The third-order valence-corrected chi connectivity index (χ3v) is 13.3. The Bertz CT molecular complexity index is 2550. The number of aromatic amines is 2. The maximum absolute atomic E-state index is 14.0. The van der Waals surface area contributed by atoms with E-state index in [0.29, 0.717) is 36.7 Å². The Morgan fingerprint density at radius 3 is 2.29 bits per heavy atom. The minimum atomic E-state index is -0.700. The number of methoxy groups -OCH3 is 2. The third kappa shape index (κ3) is 5.90. The van der Waals surface area contributed by atoms with Crippen LogP contribution in [0.1, 0.15) is 69.8 Å². The summed E-state index contributed by atoms with van der Waals surface area (Å²) in [6.07, 6.45) is 2.18. The number of piperidine rings is 1. The number of carbonyl (C=O) groups is 4. The SMILES string of the molecule is COC(=O)N[C@H](C(=O)N1CCC[C@H]1c1ncc(-c2ccc3c(c2)COc2cc4c(ccc5[nH]c([C@@H]6C7C8C([C@H]87)N6C(=O)[C@@H](NC(=O)OC)C(C)C)nc54)cc2-3)[nH]1)C(C)C. The van der Waals surface area contributed by atoms with E-state index in [0.717, 1.165) is 74.2 Å². The van der Waals surface area contributed by atoms with Gasteiger partial charge in [-0.05, 0) is 88.8 Å². The first-order valence-corrected chi connectivity index (χ1v) is 20.6. The lowest BCUT2D eigenvalue weighted by Crippen LogP contribution is -2.51. The summed E-state index contributed by atoms with van der Waals surface area (Å²) in [5, 5.41) is 7.47. The average Bonchev–Trinajstić information content (AvgIpc) is 3.67. The molecule has 5 aromatic rings. The van der Waals surface area contributed by atoms with E-state index in [1.807, 2.05) is 43.7 Å². The van der Waals surface area contributed by atoms with Crippen molar-refractivity contribution in [3.05, 3.63) is 65.9 Å². The molecule has 4 N–H and O–H groups in total. The molecular weight excluding hydrogens is 753 g/mol. The van der Waals surface area contributed by atoms with Gasteiger partial charge in [0.2, 0.25) is 11.8 Å². The van der Waals surface area contributed by atoms with Gasteiger partial charge in [-0.3, -0.25) is 9.59 Å². The molecule has 6 aliphatic rings. The lowest BCUT2D eigenvalue weighted by atomic mass is 9.92. The van der Waals surface area contributed by atoms with Crippen molar-refractivity contribution in [1.82, 2.24) is 40.4 Å². The Kier molecular flexibility index (Phi) is 8.65. The van der Waals surface area contributed by atoms with Crippen LogP contribution in [0.2, 0.25) is 0 Å². The van der Waals surface area contributed by atoms with Crippen molar-refractivity contribution < 1.29 is 33.4 Å². The van der Waals surface area contributed by atoms with Crippen molar-refractivity contribution in [2.45, 2.75) is 77.4 Å². The molecule has 306 valence electrons. The zero-order valence-corrected chi connectivity index (χ0v) is 33.9. The summed E-state index contributed by atoms with van der Waals surface area (Å²) < 4.78 is 16.0. The van der Waals surface area contributed by atoms with Crippen LogP contribution in [0.15, 0.2) is 48.7 Å². The van der Waals surface area contributed by atoms with E-state index < -0.39 is 24.3 Å².